The number of hydrogen-bond donors (Lipinski definition) is 1. The highest BCUT2D eigenvalue weighted by atomic mass is 16.3. The van der Waals surface area contributed by atoms with Gasteiger partial charge in [0.1, 0.15) is 0 Å². The second-order valence-electron chi connectivity index (χ2n) is 3.53. The average molecular weight is 137 g/mol. The Hall–Kier alpha value is -0.550. The van der Waals surface area contributed by atoms with Gasteiger partial charge in [0.25, 0.3) is 0 Å². The summed E-state index contributed by atoms with van der Waals surface area (Å²) in [6.45, 7) is 0. The summed E-state index contributed by atoms with van der Waals surface area (Å²) in [6.07, 6.45) is 4.05. The normalized spacial score (nSPS) is 51.2. The Kier molecular flexibility index (Phi) is 1.07. The molecule has 2 heteroatoms. The number of rotatable bonds is 0. The minimum atomic E-state index is -0.942. The Balaban J connectivity index is 2.16. The van der Waals surface area contributed by atoms with Gasteiger partial charge in [-0.1, -0.05) is 0 Å². The van der Waals surface area contributed by atoms with Crippen molar-refractivity contribution < 1.29 is 5.11 Å². The summed E-state index contributed by atoms with van der Waals surface area (Å²) < 4.78 is 0. The van der Waals surface area contributed by atoms with E-state index in [1.165, 1.54) is 6.42 Å². The Labute approximate surface area is 60.5 Å². The molecule has 0 amide bonds. The van der Waals surface area contributed by atoms with E-state index in [1.54, 1.807) is 0 Å². The van der Waals surface area contributed by atoms with Crippen LogP contribution in [0.25, 0.3) is 0 Å². The Morgan fingerprint density at radius 1 is 1.60 bits per heavy atom. The lowest BCUT2D eigenvalue weighted by Gasteiger charge is -2.24. The van der Waals surface area contributed by atoms with E-state index in [0.29, 0.717) is 18.3 Å². The molecule has 10 heavy (non-hydrogen) atoms. The zero-order valence-electron chi connectivity index (χ0n) is 5.88. The van der Waals surface area contributed by atoms with Crippen LogP contribution in [0.4, 0.5) is 0 Å². The molecule has 2 aliphatic rings. The number of aliphatic hydroxyl groups is 1. The van der Waals surface area contributed by atoms with Crippen LogP contribution in [0.3, 0.4) is 0 Å². The first-order chi connectivity index (χ1) is 4.76. The summed E-state index contributed by atoms with van der Waals surface area (Å²) in [5, 5.41) is 18.3. The summed E-state index contributed by atoms with van der Waals surface area (Å²) in [6, 6.07) is 2.03. The maximum atomic E-state index is 9.63. The van der Waals surface area contributed by atoms with Gasteiger partial charge in [-0.3, -0.25) is 0 Å². The van der Waals surface area contributed by atoms with E-state index in [9.17, 15) is 5.11 Å². The van der Waals surface area contributed by atoms with Crippen molar-refractivity contribution >= 4 is 0 Å². The minimum absolute atomic E-state index is 0.325. The van der Waals surface area contributed by atoms with Crippen LogP contribution in [0.5, 0.6) is 0 Å². The molecule has 3 unspecified atom stereocenters. The van der Waals surface area contributed by atoms with Crippen molar-refractivity contribution in [1.29, 1.82) is 5.26 Å². The van der Waals surface area contributed by atoms with Crippen LogP contribution < -0.4 is 0 Å². The molecule has 0 aliphatic heterocycles. The molecule has 1 N–H and O–H groups in total. The van der Waals surface area contributed by atoms with Gasteiger partial charge in [0.05, 0.1) is 6.07 Å². The predicted molar refractivity (Wildman–Crippen MR) is 36.0 cm³/mol. The first-order valence-corrected chi connectivity index (χ1v) is 3.90. The van der Waals surface area contributed by atoms with Crippen molar-refractivity contribution in [1.82, 2.24) is 0 Å². The van der Waals surface area contributed by atoms with E-state index in [1.807, 2.05) is 6.07 Å². The summed E-state index contributed by atoms with van der Waals surface area (Å²) in [7, 11) is 0. The van der Waals surface area contributed by atoms with E-state index < -0.39 is 5.60 Å². The highest BCUT2D eigenvalue weighted by Crippen LogP contribution is 2.54. The Morgan fingerprint density at radius 2 is 2.40 bits per heavy atom. The van der Waals surface area contributed by atoms with Crippen LogP contribution in [-0.4, -0.2) is 10.7 Å². The highest BCUT2D eigenvalue weighted by Gasteiger charge is 2.54. The average Bonchev–Trinajstić information content (AvgIpc) is 2.68. The van der Waals surface area contributed by atoms with Gasteiger partial charge in [0, 0.05) is 5.92 Å². The highest BCUT2D eigenvalue weighted by molar-refractivity contribution is 5.14. The van der Waals surface area contributed by atoms with E-state index >= 15 is 0 Å². The zero-order valence-corrected chi connectivity index (χ0v) is 5.88. The molecular formula is C8H11NO. The second kappa shape index (κ2) is 1.73. The van der Waals surface area contributed by atoms with E-state index in [4.69, 9.17) is 5.26 Å². The third kappa shape index (κ3) is 0.674. The summed E-state index contributed by atoms with van der Waals surface area (Å²) in [4.78, 5) is 0. The molecule has 0 heterocycles. The van der Waals surface area contributed by atoms with Crippen LogP contribution in [-0.2, 0) is 0 Å². The summed E-state index contributed by atoms with van der Waals surface area (Å²) >= 11 is 0. The van der Waals surface area contributed by atoms with Gasteiger partial charge in [0.15, 0.2) is 5.60 Å². The molecule has 0 bridgehead atoms. The van der Waals surface area contributed by atoms with Crippen molar-refractivity contribution in [3.63, 3.8) is 0 Å². The molecular weight excluding hydrogens is 126 g/mol. The molecule has 0 aromatic rings. The maximum absolute atomic E-state index is 9.63. The second-order valence-corrected chi connectivity index (χ2v) is 3.53. The minimum Gasteiger partial charge on any atom is -0.375 e. The van der Waals surface area contributed by atoms with Gasteiger partial charge in [-0.2, -0.15) is 5.26 Å². The third-order valence-corrected chi connectivity index (χ3v) is 2.86. The largest absolute Gasteiger partial charge is 0.375 e. The first kappa shape index (κ1) is 6.18. The predicted octanol–water partition coefficient (Wildman–Crippen LogP) is 1.06. The topological polar surface area (TPSA) is 44.0 Å². The van der Waals surface area contributed by atoms with E-state index in [2.05, 4.69) is 0 Å². The fourth-order valence-electron chi connectivity index (χ4n) is 2.11. The number of fused-ring (bicyclic) bond motifs is 1. The maximum Gasteiger partial charge on any atom is 0.154 e. The van der Waals surface area contributed by atoms with Crippen molar-refractivity contribution in [3.8, 4) is 6.07 Å². The number of nitriles is 1. The molecule has 0 aromatic heterocycles. The standard InChI is InChI=1S/C8H11NO/c9-5-8(10)3-1-2-6-4-7(6)8/h6-7,10H,1-4H2. The van der Waals surface area contributed by atoms with Crippen LogP contribution >= 0.6 is 0 Å². The Morgan fingerprint density at radius 3 is 3.00 bits per heavy atom. The monoisotopic (exact) mass is 137 g/mol. The van der Waals surface area contributed by atoms with Gasteiger partial charge < -0.3 is 5.11 Å². The van der Waals surface area contributed by atoms with Crippen LogP contribution in [0, 0.1) is 23.2 Å². The quantitative estimate of drug-likeness (QED) is 0.507. The van der Waals surface area contributed by atoms with Crippen LogP contribution in [0.1, 0.15) is 25.7 Å². The van der Waals surface area contributed by atoms with Crippen LogP contribution in [0.15, 0.2) is 0 Å². The fraction of sp³-hybridized carbons (Fsp3) is 0.875. The van der Waals surface area contributed by atoms with Crippen molar-refractivity contribution in [2.24, 2.45) is 11.8 Å². The lowest BCUT2D eigenvalue weighted by Crippen LogP contribution is -2.32. The Bertz CT molecular complexity index is 196. The molecule has 2 rings (SSSR count). The molecule has 2 aliphatic carbocycles. The lowest BCUT2D eigenvalue weighted by molar-refractivity contribution is 0.0439. The summed E-state index contributed by atoms with van der Waals surface area (Å²) in [5.41, 5.74) is -0.942. The van der Waals surface area contributed by atoms with Gasteiger partial charge >= 0.3 is 0 Å². The third-order valence-electron chi connectivity index (χ3n) is 2.86. The number of nitrogens with zero attached hydrogens (tertiary/aromatic N) is 1. The molecule has 54 valence electrons. The molecule has 0 aromatic carbocycles. The van der Waals surface area contributed by atoms with Crippen molar-refractivity contribution in [3.05, 3.63) is 0 Å². The molecule has 2 fully saturated rings. The summed E-state index contributed by atoms with van der Waals surface area (Å²) in [5.74, 6) is 1.00. The van der Waals surface area contributed by atoms with E-state index in [-0.39, 0.29) is 0 Å². The van der Waals surface area contributed by atoms with E-state index in [0.717, 1.165) is 12.8 Å². The molecule has 3 atom stereocenters. The molecule has 0 radical (unpaired) electrons. The lowest BCUT2D eigenvalue weighted by atomic mass is 9.86. The van der Waals surface area contributed by atoms with Gasteiger partial charge in [0.2, 0.25) is 0 Å². The van der Waals surface area contributed by atoms with Gasteiger partial charge in [-0.05, 0) is 31.6 Å². The van der Waals surface area contributed by atoms with Crippen molar-refractivity contribution in [2.45, 2.75) is 31.3 Å². The molecule has 0 saturated heterocycles. The van der Waals surface area contributed by atoms with Crippen LogP contribution in [0.2, 0.25) is 0 Å². The van der Waals surface area contributed by atoms with Gasteiger partial charge in [-0.15, -0.1) is 0 Å². The smallest absolute Gasteiger partial charge is 0.154 e. The zero-order chi connectivity index (χ0) is 7.19. The van der Waals surface area contributed by atoms with Crippen molar-refractivity contribution in [2.75, 3.05) is 0 Å². The molecule has 0 spiro atoms. The first-order valence-electron chi connectivity index (χ1n) is 3.90. The molecule has 2 nitrogen and oxygen atoms in total. The SMILES string of the molecule is N#CC1(O)CCCC2CC21. The fourth-order valence-corrected chi connectivity index (χ4v) is 2.11. The van der Waals surface area contributed by atoms with Gasteiger partial charge in [-0.25, -0.2) is 0 Å². The number of hydrogen-bond acceptors (Lipinski definition) is 2. The molecule has 2 saturated carbocycles.